The molecule has 0 radical (unpaired) electrons. The zero-order valence-corrected chi connectivity index (χ0v) is 32.3. The molecule has 0 aliphatic heterocycles. The molecule has 2 atom stereocenters. The van der Waals surface area contributed by atoms with Gasteiger partial charge in [0.15, 0.2) is 12.1 Å². The van der Waals surface area contributed by atoms with Gasteiger partial charge in [0.1, 0.15) is 6.61 Å². The molecule has 50 heavy (non-hydrogen) atoms. The zero-order valence-electron chi connectivity index (χ0n) is 32.3. The average Bonchev–Trinajstić information content (AvgIpc) is 3.06. The number of carboxylic acids is 1. The third kappa shape index (κ3) is 31.0. The van der Waals surface area contributed by atoms with Crippen molar-refractivity contribution >= 4 is 17.9 Å². The van der Waals surface area contributed by atoms with E-state index in [2.05, 4.69) is 74.6 Å². The van der Waals surface area contributed by atoms with Crippen LogP contribution >= 0.6 is 0 Å². The number of ether oxygens (including phenoxy) is 3. The lowest BCUT2D eigenvalue weighted by molar-refractivity contribution is -0.887. The van der Waals surface area contributed by atoms with Crippen LogP contribution in [-0.4, -0.2) is 80.6 Å². The maximum absolute atomic E-state index is 12.6. The Morgan fingerprint density at radius 1 is 0.620 bits per heavy atom. The van der Waals surface area contributed by atoms with Gasteiger partial charge in [0.05, 0.1) is 34.4 Å². The van der Waals surface area contributed by atoms with E-state index in [0.717, 1.165) is 89.9 Å². The molecule has 0 saturated heterocycles. The predicted octanol–water partition coefficient (Wildman–Crippen LogP) is 9.85. The highest BCUT2D eigenvalue weighted by Crippen LogP contribution is 2.12. The van der Waals surface area contributed by atoms with Crippen LogP contribution in [0.4, 0.5) is 0 Å². The molecular formula is C42H72NO7+. The number of unbranched alkanes of at least 4 members (excludes halogenated alkanes) is 9. The SMILES string of the molecule is CC/C=C/C/C=C/C/C=C/C/C=C/CCCCCC(=O)OC(COCCC(C(=O)O)[N+](C)(C)C)COC(=O)CCCCCC/C=C/CCCC. The standard InChI is InChI=1S/C42H71NO7/c1-6-8-10-12-14-16-18-19-20-21-22-23-25-27-29-31-33-41(45)50-38(36-48-35-34-39(42(46)47)43(3,4)5)37-49-40(44)32-30-28-26-24-17-15-13-11-9-7-2/h8,10,13-16,19-20,22-23,38-39H,6-7,9,11-12,17-18,21,24-37H2,1-5H3/p+1/b10-8+,15-13+,16-14+,20-19+,23-22+. The molecule has 0 saturated carbocycles. The lowest BCUT2D eigenvalue weighted by atomic mass is 10.1. The Labute approximate surface area is 305 Å². The van der Waals surface area contributed by atoms with Gasteiger partial charge in [0, 0.05) is 19.3 Å². The van der Waals surface area contributed by atoms with Crippen molar-refractivity contribution < 1.29 is 38.2 Å². The molecule has 2 unspecified atom stereocenters. The molecular weight excluding hydrogens is 630 g/mol. The lowest BCUT2D eigenvalue weighted by Gasteiger charge is -2.31. The van der Waals surface area contributed by atoms with Crippen molar-refractivity contribution in [3.05, 3.63) is 60.8 Å². The highest BCUT2D eigenvalue weighted by molar-refractivity contribution is 5.72. The first-order valence-corrected chi connectivity index (χ1v) is 19.3. The first-order chi connectivity index (χ1) is 24.1. The highest BCUT2D eigenvalue weighted by Gasteiger charge is 2.31. The molecule has 0 aliphatic carbocycles. The van der Waals surface area contributed by atoms with Crippen molar-refractivity contribution in [3.8, 4) is 0 Å². The van der Waals surface area contributed by atoms with Gasteiger partial charge in [-0.25, -0.2) is 4.79 Å². The van der Waals surface area contributed by atoms with Crippen molar-refractivity contribution in [1.29, 1.82) is 0 Å². The number of quaternary nitrogens is 1. The molecule has 286 valence electrons. The third-order valence-electron chi connectivity index (χ3n) is 8.15. The van der Waals surface area contributed by atoms with Crippen LogP contribution in [-0.2, 0) is 28.6 Å². The number of hydrogen-bond donors (Lipinski definition) is 1. The molecule has 0 aliphatic rings. The summed E-state index contributed by atoms with van der Waals surface area (Å²) in [4.78, 5) is 36.7. The quantitative estimate of drug-likeness (QED) is 0.0315. The van der Waals surface area contributed by atoms with Crippen LogP contribution in [0, 0.1) is 0 Å². The van der Waals surface area contributed by atoms with E-state index in [-0.39, 0.29) is 42.7 Å². The molecule has 0 heterocycles. The monoisotopic (exact) mass is 703 g/mol. The number of rotatable bonds is 33. The Morgan fingerprint density at radius 2 is 1.12 bits per heavy atom. The van der Waals surface area contributed by atoms with Crippen molar-refractivity contribution in [2.75, 3.05) is 41.0 Å². The Hall–Kier alpha value is -2.97. The van der Waals surface area contributed by atoms with Gasteiger partial charge < -0.3 is 23.8 Å². The van der Waals surface area contributed by atoms with Gasteiger partial charge in [-0.15, -0.1) is 0 Å². The predicted molar refractivity (Wildman–Crippen MR) is 206 cm³/mol. The maximum Gasteiger partial charge on any atom is 0.362 e. The number of carbonyl (C=O) groups excluding carboxylic acids is 2. The van der Waals surface area contributed by atoms with Crippen LogP contribution in [0.15, 0.2) is 60.8 Å². The Bertz CT molecular complexity index is 1010. The first kappa shape index (κ1) is 47.0. The average molecular weight is 703 g/mol. The molecule has 0 aromatic carbocycles. The lowest BCUT2D eigenvalue weighted by Crippen LogP contribution is -2.50. The molecule has 0 aromatic heterocycles. The highest BCUT2D eigenvalue weighted by atomic mass is 16.6. The van der Waals surface area contributed by atoms with Crippen LogP contribution in [0.3, 0.4) is 0 Å². The van der Waals surface area contributed by atoms with E-state index in [1.54, 1.807) is 0 Å². The van der Waals surface area contributed by atoms with E-state index in [4.69, 9.17) is 14.2 Å². The zero-order chi connectivity index (χ0) is 37.1. The van der Waals surface area contributed by atoms with E-state index >= 15 is 0 Å². The van der Waals surface area contributed by atoms with E-state index < -0.39 is 18.1 Å². The number of esters is 2. The van der Waals surface area contributed by atoms with Crippen LogP contribution in [0.2, 0.25) is 0 Å². The van der Waals surface area contributed by atoms with Crippen molar-refractivity contribution in [2.45, 2.75) is 148 Å². The summed E-state index contributed by atoms with van der Waals surface area (Å²) >= 11 is 0. The summed E-state index contributed by atoms with van der Waals surface area (Å²) in [5.41, 5.74) is 0. The molecule has 0 rings (SSSR count). The molecule has 0 spiro atoms. The van der Waals surface area contributed by atoms with Gasteiger partial charge >= 0.3 is 17.9 Å². The largest absolute Gasteiger partial charge is 0.477 e. The number of allylic oxidation sites excluding steroid dienone is 10. The summed E-state index contributed by atoms with van der Waals surface area (Å²) in [6, 6.07) is -0.623. The van der Waals surface area contributed by atoms with Crippen LogP contribution in [0.5, 0.6) is 0 Å². The van der Waals surface area contributed by atoms with Gasteiger partial charge in [-0.05, 0) is 70.6 Å². The summed E-state index contributed by atoms with van der Waals surface area (Å²) in [7, 11) is 5.49. The van der Waals surface area contributed by atoms with Crippen LogP contribution in [0.25, 0.3) is 0 Å². The summed E-state index contributed by atoms with van der Waals surface area (Å²) in [6.07, 6.45) is 38.4. The topological polar surface area (TPSA) is 99.1 Å². The number of likely N-dealkylation sites (N-methyl/N-ethyl adjacent to an activating group) is 1. The second-order valence-electron chi connectivity index (χ2n) is 13.8. The maximum atomic E-state index is 12.6. The molecule has 8 heteroatoms. The minimum atomic E-state index is -0.886. The Balaban J connectivity index is 4.50. The normalized spacial score (nSPS) is 13.7. The molecule has 0 fully saturated rings. The van der Waals surface area contributed by atoms with Crippen molar-refractivity contribution in [1.82, 2.24) is 0 Å². The van der Waals surface area contributed by atoms with Crippen LogP contribution < -0.4 is 0 Å². The number of hydrogen-bond acceptors (Lipinski definition) is 6. The minimum absolute atomic E-state index is 0.0418. The molecule has 1 N–H and O–H groups in total. The van der Waals surface area contributed by atoms with Gasteiger partial charge in [0.2, 0.25) is 0 Å². The molecule has 0 amide bonds. The molecule has 0 bridgehead atoms. The first-order valence-electron chi connectivity index (χ1n) is 19.3. The second kappa shape index (κ2) is 33.2. The third-order valence-corrected chi connectivity index (χ3v) is 8.15. The van der Waals surface area contributed by atoms with E-state index in [1.807, 2.05) is 21.1 Å². The van der Waals surface area contributed by atoms with Gasteiger partial charge in [-0.2, -0.15) is 0 Å². The smallest absolute Gasteiger partial charge is 0.362 e. The fourth-order valence-electron chi connectivity index (χ4n) is 5.12. The van der Waals surface area contributed by atoms with Crippen molar-refractivity contribution in [2.24, 2.45) is 0 Å². The summed E-state index contributed by atoms with van der Waals surface area (Å²) in [5.74, 6) is -1.54. The van der Waals surface area contributed by atoms with Gasteiger partial charge in [-0.1, -0.05) is 107 Å². The van der Waals surface area contributed by atoms with E-state index in [9.17, 15) is 19.5 Å². The summed E-state index contributed by atoms with van der Waals surface area (Å²) < 4.78 is 17.1. The number of aliphatic carboxylic acids is 1. The van der Waals surface area contributed by atoms with Crippen LogP contribution in [0.1, 0.15) is 136 Å². The Morgan fingerprint density at radius 3 is 1.68 bits per heavy atom. The molecule has 0 aromatic rings. The number of carboxylic acid groups (broad SMARTS) is 1. The Kier molecular flexibility index (Phi) is 31.2. The summed E-state index contributed by atoms with van der Waals surface area (Å²) in [5, 5.41) is 9.58. The van der Waals surface area contributed by atoms with Crippen molar-refractivity contribution in [3.63, 3.8) is 0 Å². The summed E-state index contributed by atoms with van der Waals surface area (Å²) in [6.45, 7) is 4.50. The van der Waals surface area contributed by atoms with E-state index in [1.165, 1.54) is 12.8 Å². The van der Waals surface area contributed by atoms with Gasteiger partial charge in [0.25, 0.3) is 0 Å². The fraction of sp³-hybridized carbons (Fsp3) is 0.690. The minimum Gasteiger partial charge on any atom is -0.477 e. The number of nitrogens with zero attached hydrogens (tertiary/aromatic N) is 1. The fourth-order valence-corrected chi connectivity index (χ4v) is 5.12. The second-order valence-corrected chi connectivity index (χ2v) is 13.8. The molecule has 8 nitrogen and oxygen atoms in total. The number of carbonyl (C=O) groups is 3. The van der Waals surface area contributed by atoms with E-state index in [0.29, 0.717) is 12.8 Å². The van der Waals surface area contributed by atoms with Gasteiger partial charge in [-0.3, -0.25) is 9.59 Å².